The van der Waals surface area contributed by atoms with Crippen LogP contribution in [0.1, 0.15) is 43.7 Å². The average molecular weight is 637 g/mol. The van der Waals surface area contributed by atoms with Crippen LogP contribution in [0.5, 0.6) is 0 Å². The van der Waals surface area contributed by atoms with Gasteiger partial charge in [0.2, 0.25) is 11.8 Å². The Labute approximate surface area is 256 Å². The molecule has 0 heterocycles. The van der Waals surface area contributed by atoms with Gasteiger partial charge in [0.1, 0.15) is 12.6 Å². The number of rotatable bonds is 10. The molecule has 7 nitrogen and oxygen atoms in total. The highest BCUT2D eigenvalue weighted by Crippen LogP contribution is 2.31. The molecule has 0 spiro atoms. The van der Waals surface area contributed by atoms with Crippen molar-refractivity contribution in [2.24, 2.45) is 0 Å². The molecule has 1 aliphatic carbocycles. The zero-order chi connectivity index (χ0) is 29.7. The number of benzene rings is 3. The normalized spacial score (nSPS) is 14.5. The van der Waals surface area contributed by atoms with Gasteiger partial charge in [-0.05, 0) is 74.7 Å². The number of sulfonamides is 1. The third kappa shape index (κ3) is 7.36. The minimum Gasteiger partial charge on any atom is -0.352 e. The van der Waals surface area contributed by atoms with E-state index in [4.69, 9.17) is 34.8 Å². The summed E-state index contributed by atoms with van der Waals surface area (Å²) in [6.45, 7) is 2.69. The van der Waals surface area contributed by atoms with Gasteiger partial charge in [0.25, 0.3) is 10.0 Å². The summed E-state index contributed by atoms with van der Waals surface area (Å²) in [5, 5.41) is 4.14. The molecule has 41 heavy (non-hydrogen) atoms. The third-order valence-corrected chi connectivity index (χ3v) is 10.0. The second-order valence-corrected chi connectivity index (χ2v) is 13.3. The van der Waals surface area contributed by atoms with Gasteiger partial charge < -0.3 is 10.2 Å². The predicted octanol–water partition coefficient (Wildman–Crippen LogP) is 6.63. The van der Waals surface area contributed by atoms with E-state index >= 15 is 0 Å². The van der Waals surface area contributed by atoms with Gasteiger partial charge >= 0.3 is 0 Å². The number of amides is 2. The molecular weight excluding hydrogens is 605 g/mol. The first-order valence-corrected chi connectivity index (χ1v) is 15.9. The first-order chi connectivity index (χ1) is 19.5. The lowest BCUT2D eigenvalue weighted by atomic mass is 10.1. The molecule has 1 aliphatic rings. The molecule has 0 bridgehead atoms. The number of aryl methyl sites for hydroxylation is 1. The molecule has 0 saturated heterocycles. The van der Waals surface area contributed by atoms with E-state index in [1.54, 1.807) is 68.4 Å². The van der Waals surface area contributed by atoms with Crippen LogP contribution in [0.25, 0.3) is 0 Å². The van der Waals surface area contributed by atoms with Gasteiger partial charge in [0, 0.05) is 33.2 Å². The fraction of sp³-hybridized carbons (Fsp3) is 0.333. The van der Waals surface area contributed by atoms with Gasteiger partial charge in [0.15, 0.2) is 0 Å². The summed E-state index contributed by atoms with van der Waals surface area (Å²) in [4.78, 5) is 28.8. The molecule has 11 heteroatoms. The molecule has 1 fully saturated rings. The van der Waals surface area contributed by atoms with Crippen LogP contribution in [0, 0.1) is 6.92 Å². The van der Waals surface area contributed by atoms with Gasteiger partial charge in [-0.15, -0.1) is 0 Å². The number of hydrogen-bond acceptors (Lipinski definition) is 4. The van der Waals surface area contributed by atoms with E-state index in [0.717, 1.165) is 30.0 Å². The Bertz CT molecular complexity index is 1490. The first-order valence-electron chi connectivity index (χ1n) is 13.4. The monoisotopic (exact) mass is 635 g/mol. The second-order valence-electron chi connectivity index (χ2n) is 10.1. The van der Waals surface area contributed by atoms with E-state index < -0.39 is 28.5 Å². The summed E-state index contributed by atoms with van der Waals surface area (Å²) in [5.41, 5.74) is 1.33. The Morgan fingerprint density at radius 1 is 0.951 bits per heavy atom. The standard InChI is InChI=1S/C30H32Cl3N3O4S/c1-20-17-22(31)15-16-28(20)36(41(39,40)24-11-4-3-5-12-24)19-29(37)35(18-25-26(32)13-8-14-27(25)33)21(2)30(38)34-23-9-6-7-10-23/h3-5,8,11-17,21,23H,6-7,9-10,18-19H2,1-2H3,(H,34,38). The molecule has 1 N–H and O–H groups in total. The van der Waals surface area contributed by atoms with Crippen LogP contribution in [-0.2, 0) is 26.2 Å². The fourth-order valence-electron chi connectivity index (χ4n) is 4.96. The van der Waals surface area contributed by atoms with Gasteiger partial charge in [-0.3, -0.25) is 13.9 Å². The van der Waals surface area contributed by atoms with Gasteiger partial charge in [-0.2, -0.15) is 0 Å². The van der Waals surface area contributed by atoms with Crippen LogP contribution in [0.2, 0.25) is 15.1 Å². The summed E-state index contributed by atoms with van der Waals surface area (Å²) in [5.74, 6) is -0.919. The third-order valence-electron chi connectivity index (χ3n) is 7.30. The van der Waals surface area contributed by atoms with E-state index in [1.807, 2.05) is 0 Å². The molecule has 2 amide bonds. The zero-order valence-electron chi connectivity index (χ0n) is 22.8. The van der Waals surface area contributed by atoms with Crippen molar-refractivity contribution in [1.29, 1.82) is 0 Å². The maximum absolute atomic E-state index is 14.1. The average Bonchev–Trinajstić information content (AvgIpc) is 3.45. The lowest BCUT2D eigenvalue weighted by Crippen LogP contribution is -2.52. The largest absolute Gasteiger partial charge is 0.352 e. The van der Waals surface area contributed by atoms with Crippen molar-refractivity contribution in [2.45, 2.75) is 63.1 Å². The van der Waals surface area contributed by atoms with Crippen LogP contribution < -0.4 is 9.62 Å². The van der Waals surface area contributed by atoms with Crippen LogP contribution in [0.4, 0.5) is 5.69 Å². The molecule has 0 aromatic heterocycles. The lowest BCUT2D eigenvalue weighted by Gasteiger charge is -2.33. The van der Waals surface area contributed by atoms with Crippen molar-refractivity contribution in [1.82, 2.24) is 10.2 Å². The second kappa shape index (κ2) is 13.5. The molecule has 1 atom stereocenters. The number of nitrogens with one attached hydrogen (secondary N) is 1. The Kier molecular flexibility index (Phi) is 10.2. The van der Waals surface area contributed by atoms with Gasteiger partial charge in [0.05, 0.1) is 10.6 Å². The number of halogens is 3. The minimum atomic E-state index is -4.18. The van der Waals surface area contributed by atoms with Crippen LogP contribution in [-0.4, -0.2) is 43.8 Å². The Hall–Kier alpha value is -2.78. The highest BCUT2D eigenvalue weighted by Gasteiger charge is 2.34. The van der Waals surface area contributed by atoms with Crippen molar-refractivity contribution >= 4 is 62.3 Å². The number of nitrogens with zero attached hydrogens (tertiary/aromatic N) is 2. The van der Waals surface area contributed by atoms with Crippen LogP contribution >= 0.6 is 34.8 Å². The first kappa shape index (κ1) is 31.2. The molecule has 3 aromatic carbocycles. The van der Waals surface area contributed by atoms with Crippen molar-refractivity contribution in [3.05, 3.63) is 92.9 Å². The molecule has 218 valence electrons. The Morgan fingerprint density at radius 3 is 2.20 bits per heavy atom. The van der Waals surface area contributed by atoms with Gasteiger partial charge in [-0.1, -0.05) is 71.9 Å². The summed E-state index contributed by atoms with van der Waals surface area (Å²) < 4.78 is 28.9. The van der Waals surface area contributed by atoms with Crippen molar-refractivity contribution in [3.8, 4) is 0 Å². The van der Waals surface area contributed by atoms with E-state index in [2.05, 4.69) is 5.32 Å². The fourth-order valence-corrected chi connectivity index (χ4v) is 7.20. The molecule has 4 rings (SSSR count). The Morgan fingerprint density at radius 2 is 1.59 bits per heavy atom. The number of hydrogen-bond donors (Lipinski definition) is 1. The molecule has 0 aliphatic heterocycles. The number of anilines is 1. The molecule has 0 radical (unpaired) electrons. The summed E-state index contributed by atoms with van der Waals surface area (Å²) in [6.07, 6.45) is 3.82. The summed E-state index contributed by atoms with van der Waals surface area (Å²) in [7, 11) is -4.18. The summed E-state index contributed by atoms with van der Waals surface area (Å²) in [6, 6.07) is 16.7. The molecule has 3 aromatic rings. The molecular formula is C30H32Cl3N3O4S. The predicted molar refractivity (Wildman–Crippen MR) is 164 cm³/mol. The van der Waals surface area contributed by atoms with Crippen LogP contribution in [0.3, 0.4) is 0 Å². The van der Waals surface area contributed by atoms with E-state index in [0.29, 0.717) is 31.9 Å². The zero-order valence-corrected chi connectivity index (χ0v) is 25.9. The van der Waals surface area contributed by atoms with Crippen molar-refractivity contribution in [2.75, 3.05) is 10.8 Å². The van der Waals surface area contributed by atoms with Crippen LogP contribution in [0.15, 0.2) is 71.6 Å². The molecule has 1 saturated carbocycles. The maximum Gasteiger partial charge on any atom is 0.264 e. The number of carbonyl (C=O) groups excluding carboxylic acids is 2. The maximum atomic E-state index is 14.1. The number of carbonyl (C=O) groups is 2. The SMILES string of the molecule is Cc1cc(Cl)ccc1N(CC(=O)N(Cc1c(Cl)cccc1Cl)C(C)C(=O)NC1CCCC1)S(=O)(=O)c1ccccc1. The van der Waals surface area contributed by atoms with E-state index in [9.17, 15) is 18.0 Å². The summed E-state index contributed by atoms with van der Waals surface area (Å²) >= 11 is 19.1. The highest BCUT2D eigenvalue weighted by atomic mass is 35.5. The Balaban J connectivity index is 1.73. The minimum absolute atomic E-state index is 0.0230. The highest BCUT2D eigenvalue weighted by molar-refractivity contribution is 7.92. The van der Waals surface area contributed by atoms with Crippen molar-refractivity contribution < 1.29 is 18.0 Å². The van der Waals surface area contributed by atoms with E-state index in [-0.39, 0.29) is 23.4 Å². The van der Waals surface area contributed by atoms with Crippen molar-refractivity contribution in [3.63, 3.8) is 0 Å². The van der Waals surface area contributed by atoms with Gasteiger partial charge in [-0.25, -0.2) is 8.42 Å². The quantitative estimate of drug-likeness (QED) is 0.271. The molecule has 1 unspecified atom stereocenters. The lowest BCUT2D eigenvalue weighted by molar-refractivity contribution is -0.139. The smallest absolute Gasteiger partial charge is 0.264 e. The topological polar surface area (TPSA) is 86.8 Å². The van der Waals surface area contributed by atoms with E-state index in [1.165, 1.54) is 17.0 Å².